The van der Waals surface area contributed by atoms with E-state index in [0.29, 0.717) is 22.2 Å². The van der Waals surface area contributed by atoms with Gasteiger partial charge in [-0.3, -0.25) is 13.9 Å². The molecule has 0 aliphatic carbocycles. The molecule has 108 valence electrons. The van der Waals surface area contributed by atoms with Gasteiger partial charge in [-0.15, -0.1) is 0 Å². The van der Waals surface area contributed by atoms with E-state index in [2.05, 4.69) is 0 Å². The van der Waals surface area contributed by atoms with Crippen molar-refractivity contribution in [2.24, 2.45) is 0 Å². The van der Waals surface area contributed by atoms with E-state index in [0.717, 1.165) is 4.57 Å². The Hall–Kier alpha value is -2.03. The van der Waals surface area contributed by atoms with Crippen molar-refractivity contribution in [3.05, 3.63) is 66.4 Å². The van der Waals surface area contributed by atoms with Gasteiger partial charge in [-0.1, -0.05) is 29.3 Å². The van der Waals surface area contributed by atoms with E-state index < -0.39 is 11.2 Å². The standard InChI is InChI=1S/C14H11Cl2N3O2/c1-2-18-7-10(6-17)13(20)19(14(18)21)8-9-3-4-11(15)5-12(9)16/h3-5,7H,2,8H2,1H3. The smallest absolute Gasteiger partial charge is 0.299 e. The normalized spacial score (nSPS) is 10.4. The Bertz CT molecular complexity index is 847. The second kappa shape index (κ2) is 6.17. The summed E-state index contributed by atoms with van der Waals surface area (Å²) in [7, 11) is 0. The number of benzene rings is 1. The first-order chi connectivity index (χ1) is 9.97. The predicted octanol–water partition coefficient (Wildman–Crippen LogP) is 2.26. The molecular weight excluding hydrogens is 313 g/mol. The maximum Gasteiger partial charge on any atom is 0.331 e. The van der Waals surface area contributed by atoms with Gasteiger partial charge >= 0.3 is 5.69 Å². The summed E-state index contributed by atoms with van der Waals surface area (Å²) in [5.74, 6) is 0. The van der Waals surface area contributed by atoms with Crippen LogP contribution >= 0.6 is 23.2 Å². The van der Waals surface area contributed by atoms with Crippen molar-refractivity contribution in [2.45, 2.75) is 20.0 Å². The van der Waals surface area contributed by atoms with Crippen LogP contribution in [0.4, 0.5) is 0 Å². The fraction of sp³-hybridized carbons (Fsp3) is 0.214. The summed E-state index contributed by atoms with van der Waals surface area (Å²) in [6, 6.07) is 6.61. The number of rotatable bonds is 3. The Morgan fingerprint density at radius 2 is 2.00 bits per heavy atom. The van der Waals surface area contributed by atoms with Gasteiger partial charge in [0.1, 0.15) is 11.6 Å². The van der Waals surface area contributed by atoms with Gasteiger partial charge in [-0.05, 0) is 24.6 Å². The fourth-order valence-corrected chi connectivity index (χ4v) is 2.38. The molecule has 7 heteroatoms. The van der Waals surface area contributed by atoms with Gasteiger partial charge in [0, 0.05) is 22.8 Å². The largest absolute Gasteiger partial charge is 0.331 e. The van der Waals surface area contributed by atoms with E-state index in [1.807, 2.05) is 0 Å². The Kier molecular flexibility index (Phi) is 4.51. The number of aromatic nitrogens is 2. The molecule has 0 aliphatic rings. The summed E-state index contributed by atoms with van der Waals surface area (Å²) >= 11 is 11.9. The van der Waals surface area contributed by atoms with E-state index in [1.54, 1.807) is 25.1 Å². The maximum absolute atomic E-state index is 12.2. The third-order valence-electron chi connectivity index (χ3n) is 3.04. The molecule has 0 atom stereocenters. The van der Waals surface area contributed by atoms with Crippen LogP contribution < -0.4 is 11.2 Å². The van der Waals surface area contributed by atoms with Crippen molar-refractivity contribution < 1.29 is 0 Å². The molecule has 1 aromatic heterocycles. The molecule has 21 heavy (non-hydrogen) atoms. The molecule has 0 N–H and O–H groups in total. The molecule has 0 spiro atoms. The highest BCUT2D eigenvalue weighted by Crippen LogP contribution is 2.21. The fourth-order valence-electron chi connectivity index (χ4n) is 1.92. The van der Waals surface area contributed by atoms with Crippen LogP contribution in [0, 0.1) is 11.3 Å². The van der Waals surface area contributed by atoms with Crippen molar-refractivity contribution in [2.75, 3.05) is 0 Å². The van der Waals surface area contributed by atoms with Crippen LogP contribution in [-0.4, -0.2) is 9.13 Å². The van der Waals surface area contributed by atoms with Gasteiger partial charge in [-0.2, -0.15) is 5.26 Å². The summed E-state index contributed by atoms with van der Waals surface area (Å²) in [5, 5.41) is 9.81. The number of halogens is 2. The lowest BCUT2D eigenvalue weighted by Crippen LogP contribution is -2.41. The van der Waals surface area contributed by atoms with Crippen molar-refractivity contribution in [3.8, 4) is 6.07 Å². The van der Waals surface area contributed by atoms with E-state index >= 15 is 0 Å². The minimum absolute atomic E-state index is 0.0107. The van der Waals surface area contributed by atoms with Crippen molar-refractivity contribution in [1.82, 2.24) is 9.13 Å². The number of hydrogen-bond donors (Lipinski definition) is 0. The zero-order chi connectivity index (χ0) is 15.6. The lowest BCUT2D eigenvalue weighted by atomic mass is 10.2. The van der Waals surface area contributed by atoms with Gasteiger partial charge in [-0.25, -0.2) is 4.79 Å². The molecule has 0 saturated heterocycles. The van der Waals surface area contributed by atoms with E-state index in [4.69, 9.17) is 28.5 Å². The Morgan fingerprint density at radius 3 is 2.57 bits per heavy atom. The Balaban J connectivity index is 2.61. The molecular formula is C14H11Cl2N3O2. The van der Waals surface area contributed by atoms with Gasteiger partial charge < -0.3 is 0 Å². The average Bonchev–Trinajstić information content (AvgIpc) is 2.46. The molecule has 0 bridgehead atoms. The van der Waals surface area contributed by atoms with Crippen molar-refractivity contribution >= 4 is 23.2 Å². The summed E-state index contributed by atoms with van der Waals surface area (Å²) in [5.41, 5.74) is -0.606. The zero-order valence-electron chi connectivity index (χ0n) is 11.1. The molecule has 0 amide bonds. The SMILES string of the molecule is CCn1cc(C#N)c(=O)n(Cc2ccc(Cl)cc2Cl)c1=O. The molecule has 0 aliphatic heterocycles. The summed E-state index contributed by atoms with van der Waals surface area (Å²) in [6.45, 7) is 2.11. The lowest BCUT2D eigenvalue weighted by molar-refractivity contribution is 0.597. The summed E-state index contributed by atoms with van der Waals surface area (Å²) < 4.78 is 2.31. The predicted molar refractivity (Wildman–Crippen MR) is 80.9 cm³/mol. The van der Waals surface area contributed by atoms with E-state index in [-0.39, 0.29) is 12.1 Å². The molecule has 0 fully saturated rings. The molecule has 2 aromatic rings. The molecule has 1 aromatic carbocycles. The maximum atomic E-state index is 12.2. The molecule has 5 nitrogen and oxygen atoms in total. The average molecular weight is 324 g/mol. The Labute approximate surface area is 130 Å². The Morgan fingerprint density at radius 1 is 1.29 bits per heavy atom. The summed E-state index contributed by atoms with van der Waals surface area (Å²) in [6.07, 6.45) is 1.27. The van der Waals surface area contributed by atoms with Crippen molar-refractivity contribution in [1.29, 1.82) is 5.26 Å². The zero-order valence-corrected chi connectivity index (χ0v) is 12.6. The van der Waals surface area contributed by atoms with Gasteiger partial charge in [0.2, 0.25) is 0 Å². The molecule has 1 heterocycles. The van der Waals surface area contributed by atoms with Crippen LogP contribution in [0.5, 0.6) is 0 Å². The first-order valence-electron chi connectivity index (χ1n) is 6.16. The first-order valence-corrected chi connectivity index (χ1v) is 6.91. The second-order valence-corrected chi connectivity index (χ2v) is 5.19. The molecule has 0 radical (unpaired) electrons. The van der Waals surface area contributed by atoms with E-state index in [1.165, 1.54) is 16.8 Å². The highest BCUT2D eigenvalue weighted by Gasteiger charge is 2.12. The molecule has 0 unspecified atom stereocenters. The number of aryl methyl sites for hydroxylation is 1. The van der Waals surface area contributed by atoms with Gasteiger partial charge in [0.15, 0.2) is 0 Å². The highest BCUT2D eigenvalue weighted by atomic mass is 35.5. The van der Waals surface area contributed by atoms with Crippen LogP contribution in [0.2, 0.25) is 10.0 Å². The van der Waals surface area contributed by atoms with Crippen LogP contribution in [0.1, 0.15) is 18.1 Å². The topological polar surface area (TPSA) is 67.8 Å². The molecule has 0 saturated carbocycles. The van der Waals surface area contributed by atoms with Crippen molar-refractivity contribution in [3.63, 3.8) is 0 Å². The minimum atomic E-state index is -0.627. The minimum Gasteiger partial charge on any atom is -0.299 e. The lowest BCUT2D eigenvalue weighted by Gasteiger charge is -2.10. The number of nitrogens with zero attached hydrogens (tertiary/aromatic N) is 3. The van der Waals surface area contributed by atoms with E-state index in [9.17, 15) is 9.59 Å². The monoisotopic (exact) mass is 323 g/mol. The highest BCUT2D eigenvalue weighted by molar-refractivity contribution is 6.35. The van der Waals surface area contributed by atoms with Gasteiger partial charge in [0.05, 0.1) is 6.54 Å². The second-order valence-electron chi connectivity index (χ2n) is 4.35. The number of nitriles is 1. The number of hydrogen-bond acceptors (Lipinski definition) is 3. The van der Waals surface area contributed by atoms with Crippen LogP contribution in [0.3, 0.4) is 0 Å². The quantitative estimate of drug-likeness (QED) is 0.870. The molecule has 2 rings (SSSR count). The van der Waals surface area contributed by atoms with Crippen LogP contribution in [0.15, 0.2) is 34.0 Å². The first kappa shape index (κ1) is 15.4. The summed E-state index contributed by atoms with van der Waals surface area (Å²) in [4.78, 5) is 24.3. The van der Waals surface area contributed by atoms with Crippen LogP contribution in [0.25, 0.3) is 0 Å². The van der Waals surface area contributed by atoms with Gasteiger partial charge in [0.25, 0.3) is 5.56 Å². The van der Waals surface area contributed by atoms with Crippen LogP contribution in [-0.2, 0) is 13.1 Å². The third-order valence-corrected chi connectivity index (χ3v) is 3.63. The third kappa shape index (κ3) is 3.02.